The Bertz CT molecular complexity index is 355. The zero-order valence-corrected chi connectivity index (χ0v) is 12.4. The summed E-state index contributed by atoms with van der Waals surface area (Å²) in [4.78, 5) is 23.6. The molecule has 1 atom stereocenters. The molecule has 112 valence electrons. The maximum Gasteiger partial charge on any atom is 0.465 e. The monoisotopic (exact) mass is 284 g/mol. The summed E-state index contributed by atoms with van der Waals surface area (Å²) in [6.45, 7) is 8.60. The second-order valence-corrected chi connectivity index (χ2v) is 5.49. The predicted molar refractivity (Wildman–Crippen MR) is 72.9 cm³/mol. The van der Waals surface area contributed by atoms with Crippen LogP contribution in [0.2, 0.25) is 5.82 Å². The van der Waals surface area contributed by atoms with E-state index < -0.39 is 30.8 Å². The van der Waals surface area contributed by atoms with Gasteiger partial charge in [0.05, 0.1) is 14.2 Å². The van der Waals surface area contributed by atoms with Crippen LogP contribution in [0.3, 0.4) is 0 Å². The largest absolute Gasteiger partial charge is 0.468 e. The molecule has 0 aromatic rings. The fraction of sp³-hybridized carbons (Fsp3) is 0.692. The lowest BCUT2D eigenvalue weighted by Crippen LogP contribution is -2.47. The van der Waals surface area contributed by atoms with Crippen LogP contribution in [0.15, 0.2) is 12.7 Å². The number of esters is 2. The molecule has 0 spiro atoms. The summed E-state index contributed by atoms with van der Waals surface area (Å²) in [6, 6.07) is 0. The van der Waals surface area contributed by atoms with Crippen molar-refractivity contribution in [2.45, 2.75) is 19.7 Å². The molecule has 0 radical (unpaired) electrons. The third-order valence-electron chi connectivity index (χ3n) is 3.16. The van der Waals surface area contributed by atoms with Crippen LogP contribution in [-0.2, 0) is 28.4 Å². The minimum Gasteiger partial charge on any atom is -0.468 e. The molecule has 1 saturated heterocycles. The van der Waals surface area contributed by atoms with Crippen molar-refractivity contribution in [2.24, 2.45) is 11.3 Å². The highest BCUT2D eigenvalue weighted by molar-refractivity contribution is 6.48. The topological polar surface area (TPSA) is 71.1 Å². The number of hydrogen-bond donors (Lipinski definition) is 0. The zero-order chi connectivity index (χ0) is 15.3. The average Bonchev–Trinajstić information content (AvgIpc) is 2.43. The molecule has 0 bridgehead atoms. The van der Waals surface area contributed by atoms with Gasteiger partial charge in [-0.05, 0) is 0 Å². The van der Waals surface area contributed by atoms with Gasteiger partial charge in [-0.1, -0.05) is 19.9 Å². The van der Waals surface area contributed by atoms with Crippen molar-refractivity contribution in [3.05, 3.63) is 12.7 Å². The van der Waals surface area contributed by atoms with E-state index in [-0.39, 0.29) is 5.41 Å². The summed E-state index contributed by atoms with van der Waals surface area (Å²) in [5.74, 6) is -3.20. The summed E-state index contributed by atoms with van der Waals surface area (Å²) in [7, 11) is 1.71. The van der Waals surface area contributed by atoms with Gasteiger partial charge in [-0.2, -0.15) is 0 Å². The minimum atomic E-state index is -1.14. The first-order valence-electron chi connectivity index (χ1n) is 6.37. The van der Waals surface area contributed by atoms with Gasteiger partial charge in [-0.3, -0.25) is 9.59 Å². The summed E-state index contributed by atoms with van der Waals surface area (Å²) >= 11 is 0. The lowest BCUT2D eigenvalue weighted by molar-refractivity contribution is -0.159. The van der Waals surface area contributed by atoms with E-state index in [4.69, 9.17) is 9.31 Å². The van der Waals surface area contributed by atoms with Crippen LogP contribution in [0.25, 0.3) is 0 Å². The van der Waals surface area contributed by atoms with Gasteiger partial charge in [0.1, 0.15) is 0 Å². The van der Waals surface area contributed by atoms with Crippen molar-refractivity contribution >= 4 is 19.1 Å². The Hall–Kier alpha value is -1.34. The molecule has 1 aliphatic rings. The first-order valence-corrected chi connectivity index (χ1v) is 6.37. The van der Waals surface area contributed by atoms with Crippen LogP contribution in [-0.4, -0.2) is 46.5 Å². The molecule has 0 aromatic heterocycles. The van der Waals surface area contributed by atoms with Gasteiger partial charge < -0.3 is 18.8 Å². The maximum atomic E-state index is 11.8. The van der Waals surface area contributed by atoms with Crippen molar-refractivity contribution < 1.29 is 28.4 Å². The predicted octanol–water partition coefficient (Wildman–Crippen LogP) is 1.07. The molecule has 6 nitrogen and oxygen atoms in total. The van der Waals surface area contributed by atoms with Crippen molar-refractivity contribution in [2.75, 3.05) is 27.4 Å². The number of carbonyl (C=O) groups is 2. The molecular weight excluding hydrogens is 263 g/mol. The van der Waals surface area contributed by atoms with Gasteiger partial charge >= 0.3 is 19.1 Å². The normalized spacial score (nSPS) is 19.4. The standard InChI is InChI=1S/C13H21BO6/c1-6-9(10(11(15)17-4)12(16)18-5)14-19-7-13(2,3)8-20-14/h6,9-10H,1,7-8H2,2-5H3/t9-/m1/s1. The van der Waals surface area contributed by atoms with Crippen LogP contribution in [0, 0.1) is 11.3 Å². The lowest BCUT2D eigenvalue weighted by Gasteiger charge is -2.36. The maximum absolute atomic E-state index is 11.8. The number of allylic oxidation sites excluding steroid dienone is 1. The molecule has 1 fully saturated rings. The van der Waals surface area contributed by atoms with E-state index in [2.05, 4.69) is 16.1 Å². The van der Waals surface area contributed by atoms with Crippen LogP contribution in [0.1, 0.15) is 13.8 Å². The summed E-state index contributed by atoms with van der Waals surface area (Å²) < 4.78 is 20.5. The molecule has 0 N–H and O–H groups in total. The molecule has 1 rings (SSSR count). The Morgan fingerprint density at radius 2 is 1.65 bits per heavy atom. The fourth-order valence-corrected chi connectivity index (χ4v) is 2.00. The highest BCUT2D eigenvalue weighted by Crippen LogP contribution is 2.32. The highest BCUT2D eigenvalue weighted by Gasteiger charge is 2.46. The molecule has 1 aliphatic heterocycles. The minimum absolute atomic E-state index is 0.103. The number of ether oxygens (including phenoxy) is 2. The van der Waals surface area contributed by atoms with Gasteiger partial charge in [0.2, 0.25) is 0 Å². The molecule has 0 unspecified atom stereocenters. The van der Waals surface area contributed by atoms with E-state index >= 15 is 0 Å². The van der Waals surface area contributed by atoms with Gasteiger partial charge in [0.25, 0.3) is 0 Å². The van der Waals surface area contributed by atoms with Gasteiger partial charge in [0.15, 0.2) is 5.92 Å². The van der Waals surface area contributed by atoms with E-state index in [1.54, 1.807) is 0 Å². The van der Waals surface area contributed by atoms with Gasteiger partial charge in [-0.25, -0.2) is 0 Å². The van der Waals surface area contributed by atoms with E-state index in [9.17, 15) is 9.59 Å². The Balaban J connectivity index is 2.88. The Labute approximate surface area is 119 Å². The van der Waals surface area contributed by atoms with Crippen molar-refractivity contribution in [1.82, 2.24) is 0 Å². The summed E-state index contributed by atoms with van der Waals surface area (Å²) in [5, 5.41) is 0. The number of rotatable bonds is 5. The molecule has 0 amide bonds. The number of methoxy groups -OCH3 is 2. The quantitative estimate of drug-likeness (QED) is 0.325. The molecule has 0 saturated carbocycles. The molecule has 0 aliphatic carbocycles. The number of carbonyl (C=O) groups excluding carboxylic acids is 2. The van der Waals surface area contributed by atoms with Crippen LogP contribution >= 0.6 is 0 Å². The molecule has 1 heterocycles. The van der Waals surface area contributed by atoms with Crippen LogP contribution < -0.4 is 0 Å². The smallest absolute Gasteiger partial charge is 0.465 e. The fourth-order valence-electron chi connectivity index (χ4n) is 2.00. The van der Waals surface area contributed by atoms with E-state index in [1.165, 1.54) is 20.3 Å². The number of hydrogen-bond acceptors (Lipinski definition) is 6. The van der Waals surface area contributed by atoms with Crippen molar-refractivity contribution in [3.63, 3.8) is 0 Å². The van der Waals surface area contributed by atoms with Crippen molar-refractivity contribution in [3.8, 4) is 0 Å². The van der Waals surface area contributed by atoms with Gasteiger partial charge in [0, 0.05) is 24.4 Å². The Kier molecular flexibility index (Phi) is 5.77. The SMILES string of the molecule is C=C[C@@H](B1OCC(C)(C)CO1)C(C(=O)OC)C(=O)OC. The van der Waals surface area contributed by atoms with Crippen LogP contribution in [0.4, 0.5) is 0 Å². The summed E-state index contributed by atoms with van der Waals surface area (Å²) in [6.07, 6.45) is 1.46. The average molecular weight is 284 g/mol. The molecule has 20 heavy (non-hydrogen) atoms. The zero-order valence-electron chi connectivity index (χ0n) is 12.4. The highest BCUT2D eigenvalue weighted by atomic mass is 16.6. The first kappa shape index (κ1) is 16.7. The molecular formula is C13H21BO6. The molecule has 0 aromatic carbocycles. The van der Waals surface area contributed by atoms with E-state index in [0.717, 1.165) is 0 Å². The summed E-state index contributed by atoms with van der Waals surface area (Å²) in [5.41, 5.74) is -0.103. The van der Waals surface area contributed by atoms with Crippen molar-refractivity contribution in [1.29, 1.82) is 0 Å². The lowest BCUT2D eigenvalue weighted by atomic mass is 9.63. The Morgan fingerprint density at radius 3 is 2.00 bits per heavy atom. The third kappa shape index (κ3) is 3.83. The van der Waals surface area contributed by atoms with E-state index in [1.807, 2.05) is 13.8 Å². The molecule has 7 heteroatoms. The second-order valence-electron chi connectivity index (χ2n) is 5.49. The first-order chi connectivity index (χ1) is 9.36. The Morgan fingerprint density at radius 1 is 1.20 bits per heavy atom. The third-order valence-corrected chi connectivity index (χ3v) is 3.16. The van der Waals surface area contributed by atoms with E-state index in [0.29, 0.717) is 13.2 Å². The van der Waals surface area contributed by atoms with Gasteiger partial charge in [-0.15, -0.1) is 6.58 Å². The van der Waals surface area contributed by atoms with Crippen LogP contribution in [0.5, 0.6) is 0 Å². The second kappa shape index (κ2) is 6.90.